The lowest BCUT2D eigenvalue weighted by atomic mass is 10.1. The van der Waals surface area contributed by atoms with Crippen LogP contribution in [0, 0.1) is 11.3 Å². The van der Waals surface area contributed by atoms with Gasteiger partial charge in [-0.05, 0) is 44.2 Å². The smallest absolute Gasteiger partial charge is 0.160 e. The van der Waals surface area contributed by atoms with E-state index >= 15 is 0 Å². The number of aliphatic hydroxyl groups excluding tert-OH is 1. The zero-order valence-corrected chi connectivity index (χ0v) is 11.8. The molecule has 1 heterocycles. The fourth-order valence-corrected chi connectivity index (χ4v) is 1.64. The van der Waals surface area contributed by atoms with Gasteiger partial charge in [-0.25, -0.2) is 9.97 Å². The van der Waals surface area contributed by atoms with E-state index in [9.17, 15) is 5.11 Å². The van der Waals surface area contributed by atoms with Gasteiger partial charge in [-0.2, -0.15) is 5.26 Å². The first-order valence-electron chi connectivity index (χ1n) is 6.37. The molecule has 0 bridgehead atoms. The number of hydrogen-bond donors (Lipinski definition) is 1. The van der Waals surface area contributed by atoms with Gasteiger partial charge in [0.2, 0.25) is 0 Å². The van der Waals surface area contributed by atoms with E-state index in [1.807, 2.05) is 6.07 Å². The van der Waals surface area contributed by atoms with Crippen LogP contribution in [0.25, 0.3) is 6.08 Å². The second-order valence-corrected chi connectivity index (χ2v) is 4.91. The van der Waals surface area contributed by atoms with Crippen LogP contribution in [0.4, 0.5) is 0 Å². The van der Waals surface area contributed by atoms with Gasteiger partial charge < -0.3 is 9.84 Å². The van der Waals surface area contributed by atoms with Crippen LogP contribution in [0.1, 0.15) is 25.1 Å². The molecular weight excluding hydrogens is 266 g/mol. The molecule has 0 fully saturated rings. The summed E-state index contributed by atoms with van der Waals surface area (Å²) in [7, 11) is 0. The van der Waals surface area contributed by atoms with Crippen molar-refractivity contribution >= 4 is 6.08 Å². The van der Waals surface area contributed by atoms with Gasteiger partial charge in [0, 0.05) is 12.3 Å². The molecule has 5 nitrogen and oxygen atoms in total. The molecule has 0 aliphatic rings. The Morgan fingerprint density at radius 3 is 2.57 bits per heavy atom. The number of rotatable bonds is 4. The minimum absolute atomic E-state index is 0.0468. The zero-order chi connectivity index (χ0) is 15.3. The highest BCUT2D eigenvalue weighted by Gasteiger charge is 2.25. The third-order valence-corrected chi connectivity index (χ3v) is 2.86. The van der Waals surface area contributed by atoms with Crippen LogP contribution in [0.5, 0.6) is 5.75 Å². The van der Waals surface area contributed by atoms with Crippen LogP contribution in [0.15, 0.2) is 48.6 Å². The number of aliphatic hydroxyl groups is 1. The molecule has 0 spiro atoms. The number of nitrogens with zero attached hydrogens (tertiary/aromatic N) is 3. The van der Waals surface area contributed by atoms with Gasteiger partial charge in [0.05, 0.1) is 17.3 Å². The number of ether oxygens (including phenoxy) is 1. The molecule has 1 aromatic carbocycles. The molecule has 0 aliphatic carbocycles. The predicted octanol–water partition coefficient (Wildman–Crippen LogP) is 3.10. The third kappa shape index (κ3) is 3.80. The van der Waals surface area contributed by atoms with Crippen LogP contribution >= 0.6 is 0 Å². The maximum atomic E-state index is 10.2. The van der Waals surface area contributed by atoms with Crippen molar-refractivity contribution in [2.75, 3.05) is 0 Å². The van der Waals surface area contributed by atoms with E-state index in [1.54, 1.807) is 50.4 Å². The Kier molecular flexibility index (Phi) is 4.19. The normalized spacial score (nSPS) is 11.8. The molecule has 0 radical (unpaired) electrons. The lowest BCUT2D eigenvalue weighted by molar-refractivity contribution is 0.0986. The van der Waals surface area contributed by atoms with Crippen molar-refractivity contribution in [1.82, 2.24) is 9.97 Å². The lowest BCUT2D eigenvalue weighted by Crippen LogP contribution is -2.30. The molecule has 0 amide bonds. The third-order valence-electron chi connectivity index (χ3n) is 2.86. The van der Waals surface area contributed by atoms with E-state index in [0.717, 1.165) is 0 Å². The van der Waals surface area contributed by atoms with Crippen LogP contribution in [-0.4, -0.2) is 20.7 Å². The molecule has 106 valence electrons. The quantitative estimate of drug-likeness (QED) is 0.871. The Morgan fingerprint density at radius 2 is 2.00 bits per heavy atom. The van der Waals surface area contributed by atoms with E-state index in [2.05, 4.69) is 9.97 Å². The minimum Gasteiger partial charge on any atom is -0.508 e. The Morgan fingerprint density at radius 1 is 1.29 bits per heavy atom. The first kappa shape index (κ1) is 14.5. The largest absolute Gasteiger partial charge is 0.508 e. The Bertz CT molecular complexity index is 671. The summed E-state index contributed by atoms with van der Waals surface area (Å²) in [6, 6.07) is 10.4. The van der Waals surface area contributed by atoms with Crippen molar-refractivity contribution < 1.29 is 9.84 Å². The molecule has 0 atom stereocenters. The van der Waals surface area contributed by atoms with Crippen molar-refractivity contribution in [2.24, 2.45) is 0 Å². The van der Waals surface area contributed by atoms with E-state index in [1.165, 1.54) is 12.4 Å². The summed E-state index contributed by atoms with van der Waals surface area (Å²) in [5.74, 6) is 0.618. The van der Waals surface area contributed by atoms with Gasteiger partial charge in [0.15, 0.2) is 5.60 Å². The number of benzene rings is 1. The fourth-order valence-electron chi connectivity index (χ4n) is 1.64. The average molecular weight is 281 g/mol. The molecule has 1 aromatic heterocycles. The second kappa shape index (κ2) is 6.06. The summed E-state index contributed by atoms with van der Waals surface area (Å²) in [6.45, 7) is 3.50. The van der Waals surface area contributed by atoms with Gasteiger partial charge in [-0.3, -0.25) is 0 Å². The van der Waals surface area contributed by atoms with E-state index in [-0.39, 0.29) is 5.76 Å². The van der Waals surface area contributed by atoms with Crippen molar-refractivity contribution in [3.63, 3.8) is 0 Å². The first-order chi connectivity index (χ1) is 10.0. The van der Waals surface area contributed by atoms with Crippen LogP contribution in [-0.2, 0) is 0 Å². The van der Waals surface area contributed by atoms with Crippen molar-refractivity contribution in [1.29, 1.82) is 5.26 Å². The van der Waals surface area contributed by atoms with E-state index in [0.29, 0.717) is 17.0 Å². The predicted molar refractivity (Wildman–Crippen MR) is 78.5 cm³/mol. The van der Waals surface area contributed by atoms with Gasteiger partial charge >= 0.3 is 0 Å². The Balaban J connectivity index is 2.17. The molecule has 2 rings (SSSR count). The maximum Gasteiger partial charge on any atom is 0.160 e. The van der Waals surface area contributed by atoms with E-state index in [4.69, 9.17) is 10.00 Å². The highest BCUT2D eigenvalue weighted by atomic mass is 16.5. The molecule has 0 saturated heterocycles. The maximum absolute atomic E-state index is 10.2. The summed E-state index contributed by atoms with van der Waals surface area (Å²) >= 11 is 0. The number of nitriles is 1. The van der Waals surface area contributed by atoms with Crippen molar-refractivity contribution in [3.8, 4) is 11.8 Å². The summed E-state index contributed by atoms with van der Waals surface area (Å²) < 4.78 is 5.76. The molecule has 21 heavy (non-hydrogen) atoms. The van der Waals surface area contributed by atoms with Gasteiger partial charge in [0.1, 0.15) is 17.8 Å². The standard InChI is InChI=1S/C16H15N3O2/c1-16(2,15(20)9-13-7-8-18-11-19-13)21-14-5-3-12(10-17)4-6-14/h3-9,11,20H,1-2H3/b15-9-. The minimum atomic E-state index is -0.918. The molecule has 1 N–H and O–H groups in total. The summed E-state index contributed by atoms with van der Waals surface area (Å²) in [5, 5.41) is 19.0. The lowest BCUT2D eigenvalue weighted by Gasteiger charge is -2.25. The number of aromatic nitrogens is 2. The van der Waals surface area contributed by atoms with Crippen LogP contribution < -0.4 is 4.74 Å². The summed E-state index contributed by atoms with van der Waals surface area (Å²) in [6.07, 6.45) is 4.54. The summed E-state index contributed by atoms with van der Waals surface area (Å²) in [5.41, 5.74) is 0.235. The topological polar surface area (TPSA) is 79.0 Å². The SMILES string of the molecule is CC(C)(Oc1ccc(C#N)cc1)/C(O)=C/c1ccncn1. The first-order valence-corrected chi connectivity index (χ1v) is 6.37. The van der Waals surface area contributed by atoms with Gasteiger partial charge in [0.25, 0.3) is 0 Å². The second-order valence-electron chi connectivity index (χ2n) is 4.91. The molecule has 0 unspecified atom stereocenters. The van der Waals surface area contributed by atoms with Gasteiger partial charge in [-0.1, -0.05) is 0 Å². The number of hydrogen-bond acceptors (Lipinski definition) is 5. The van der Waals surface area contributed by atoms with Gasteiger partial charge in [-0.15, -0.1) is 0 Å². The molecule has 2 aromatic rings. The Hall–Kier alpha value is -2.87. The molecule has 0 aliphatic heterocycles. The highest BCUT2D eigenvalue weighted by Crippen LogP contribution is 2.24. The summed E-state index contributed by atoms with van der Waals surface area (Å²) in [4.78, 5) is 7.84. The Labute approximate surface area is 123 Å². The molecular formula is C16H15N3O2. The van der Waals surface area contributed by atoms with Crippen LogP contribution in [0.3, 0.4) is 0 Å². The van der Waals surface area contributed by atoms with E-state index < -0.39 is 5.60 Å². The fraction of sp³-hybridized carbons (Fsp3) is 0.188. The highest BCUT2D eigenvalue weighted by molar-refractivity contribution is 5.48. The van der Waals surface area contributed by atoms with Crippen LogP contribution in [0.2, 0.25) is 0 Å². The molecule has 5 heteroatoms. The zero-order valence-electron chi connectivity index (χ0n) is 11.8. The molecule has 0 saturated carbocycles. The van der Waals surface area contributed by atoms with Crippen molar-refractivity contribution in [2.45, 2.75) is 19.4 Å². The van der Waals surface area contributed by atoms with Crippen molar-refractivity contribution in [3.05, 3.63) is 59.9 Å². The monoisotopic (exact) mass is 281 g/mol. The average Bonchev–Trinajstić information content (AvgIpc) is 2.48.